The normalized spacial score (nSPS) is 10.8. The Balaban J connectivity index is 1.60. The van der Waals surface area contributed by atoms with E-state index in [1.165, 1.54) is 7.11 Å². The van der Waals surface area contributed by atoms with Gasteiger partial charge in [0.25, 0.3) is 0 Å². The summed E-state index contributed by atoms with van der Waals surface area (Å²) in [5.41, 5.74) is 1.94. The molecular formula is C19H25NO4S. The summed E-state index contributed by atoms with van der Waals surface area (Å²) in [6.45, 7) is 3.30. The van der Waals surface area contributed by atoms with Crippen molar-refractivity contribution in [2.45, 2.75) is 26.2 Å². The van der Waals surface area contributed by atoms with Crippen molar-refractivity contribution < 1.29 is 18.7 Å². The molecule has 0 amide bonds. The number of hydrogen-bond donors (Lipinski definition) is 0. The van der Waals surface area contributed by atoms with E-state index in [1.807, 2.05) is 37.3 Å². The minimum Gasteiger partial charge on any atom is -0.468 e. The Morgan fingerprint density at radius 3 is 2.76 bits per heavy atom. The largest absolute Gasteiger partial charge is 0.468 e. The predicted molar refractivity (Wildman–Crippen MR) is 99.8 cm³/mol. The Morgan fingerprint density at radius 2 is 2.00 bits per heavy atom. The van der Waals surface area contributed by atoms with Crippen LogP contribution >= 0.6 is 11.8 Å². The second-order valence-electron chi connectivity index (χ2n) is 5.59. The zero-order valence-corrected chi connectivity index (χ0v) is 15.6. The van der Waals surface area contributed by atoms with Crippen molar-refractivity contribution in [1.29, 1.82) is 0 Å². The van der Waals surface area contributed by atoms with Gasteiger partial charge in [0.1, 0.15) is 5.76 Å². The van der Waals surface area contributed by atoms with Crippen LogP contribution in [0, 0.1) is 6.92 Å². The number of ether oxygens (including phenoxy) is 2. The maximum atomic E-state index is 11.0. The number of hydrogen-bond acceptors (Lipinski definition) is 6. The highest BCUT2D eigenvalue weighted by Crippen LogP contribution is 2.21. The molecule has 1 heterocycles. The van der Waals surface area contributed by atoms with Gasteiger partial charge in [0, 0.05) is 18.6 Å². The zero-order valence-electron chi connectivity index (χ0n) is 14.8. The number of benzene rings is 1. The van der Waals surface area contributed by atoms with Gasteiger partial charge < -0.3 is 13.9 Å². The van der Waals surface area contributed by atoms with Crippen LogP contribution in [0.25, 0.3) is 11.5 Å². The lowest BCUT2D eigenvalue weighted by molar-refractivity contribution is -0.137. The minimum atomic E-state index is -0.167. The molecule has 5 nitrogen and oxygen atoms in total. The number of rotatable bonds is 11. The molecule has 0 aliphatic rings. The number of unbranched alkanes of at least 4 members (excludes halogenated alkanes) is 1. The molecule has 25 heavy (non-hydrogen) atoms. The molecule has 1 aromatic carbocycles. The summed E-state index contributed by atoms with van der Waals surface area (Å²) in [6.07, 6.45) is 2.77. The molecule has 0 aliphatic heterocycles. The maximum Gasteiger partial charge on any atom is 0.315 e. The third-order valence-electron chi connectivity index (χ3n) is 3.67. The molecule has 1 aromatic heterocycles. The molecule has 6 heteroatoms. The standard InChI is InChI=1S/C19H25NO4S/c1-15-17(20-19(24-15)16-8-4-3-5-9-16)10-12-23-11-6-7-13-25-14-18(21)22-2/h3-5,8-9H,6-7,10-14H2,1-2H3. The number of aryl methyl sites for hydroxylation is 1. The van der Waals surface area contributed by atoms with Gasteiger partial charge in [-0.25, -0.2) is 4.98 Å². The molecule has 0 aliphatic carbocycles. The lowest BCUT2D eigenvalue weighted by Crippen LogP contribution is -2.04. The molecule has 0 spiro atoms. The fraction of sp³-hybridized carbons (Fsp3) is 0.474. The van der Waals surface area contributed by atoms with Crippen LogP contribution in [0.1, 0.15) is 24.3 Å². The Bertz CT molecular complexity index is 642. The van der Waals surface area contributed by atoms with Crippen LogP contribution in [-0.2, 0) is 20.7 Å². The van der Waals surface area contributed by atoms with Gasteiger partial charge in [-0.05, 0) is 37.7 Å². The van der Waals surface area contributed by atoms with Crippen LogP contribution < -0.4 is 0 Å². The summed E-state index contributed by atoms with van der Waals surface area (Å²) in [7, 11) is 1.41. The molecule has 0 saturated heterocycles. The minimum absolute atomic E-state index is 0.167. The molecule has 0 bridgehead atoms. The molecule has 0 unspecified atom stereocenters. The van der Waals surface area contributed by atoms with Gasteiger partial charge in [-0.15, -0.1) is 0 Å². The average Bonchev–Trinajstić information content (AvgIpc) is 3.01. The lowest BCUT2D eigenvalue weighted by Gasteiger charge is -2.03. The van der Waals surface area contributed by atoms with Gasteiger partial charge in [0.05, 0.1) is 25.2 Å². The number of aromatic nitrogens is 1. The summed E-state index contributed by atoms with van der Waals surface area (Å²) in [5, 5.41) is 0. The quantitative estimate of drug-likeness (QED) is 0.446. The number of carbonyl (C=O) groups is 1. The highest BCUT2D eigenvalue weighted by atomic mass is 32.2. The summed E-state index contributed by atoms with van der Waals surface area (Å²) in [4.78, 5) is 15.5. The Labute approximate surface area is 153 Å². The first-order chi connectivity index (χ1) is 12.2. The smallest absolute Gasteiger partial charge is 0.315 e. The van der Waals surface area contributed by atoms with Crippen LogP contribution in [0.15, 0.2) is 34.7 Å². The number of thioether (sulfide) groups is 1. The molecule has 0 N–H and O–H groups in total. The van der Waals surface area contributed by atoms with E-state index in [9.17, 15) is 4.79 Å². The van der Waals surface area contributed by atoms with Crippen molar-refractivity contribution in [3.8, 4) is 11.5 Å². The van der Waals surface area contributed by atoms with Crippen molar-refractivity contribution >= 4 is 17.7 Å². The first-order valence-electron chi connectivity index (χ1n) is 8.44. The van der Waals surface area contributed by atoms with Gasteiger partial charge >= 0.3 is 5.97 Å². The summed E-state index contributed by atoms with van der Waals surface area (Å²) in [6, 6.07) is 9.90. The maximum absolute atomic E-state index is 11.0. The van der Waals surface area contributed by atoms with Crippen LogP contribution in [0.4, 0.5) is 0 Å². The summed E-state index contributed by atoms with van der Waals surface area (Å²) < 4.78 is 16.0. The number of oxazole rings is 1. The third kappa shape index (κ3) is 6.92. The van der Waals surface area contributed by atoms with E-state index in [1.54, 1.807) is 11.8 Å². The van der Waals surface area contributed by atoms with Crippen molar-refractivity contribution in [2.75, 3.05) is 31.8 Å². The SMILES string of the molecule is COC(=O)CSCCCCOCCc1nc(-c2ccccc2)oc1C. The van der Waals surface area contributed by atoms with E-state index >= 15 is 0 Å². The number of methoxy groups -OCH3 is 1. The molecule has 0 saturated carbocycles. The molecule has 0 fully saturated rings. The fourth-order valence-electron chi connectivity index (χ4n) is 2.26. The van der Waals surface area contributed by atoms with Crippen LogP contribution in [0.3, 0.4) is 0 Å². The van der Waals surface area contributed by atoms with E-state index in [4.69, 9.17) is 9.15 Å². The van der Waals surface area contributed by atoms with E-state index in [2.05, 4.69) is 9.72 Å². The van der Waals surface area contributed by atoms with E-state index in [0.717, 1.165) is 48.6 Å². The van der Waals surface area contributed by atoms with Crippen molar-refractivity contribution in [1.82, 2.24) is 4.98 Å². The lowest BCUT2D eigenvalue weighted by atomic mass is 10.2. The van der Waals surface area contributed by atoms with Crippen molar-refractivity contribution in [3.05, 3.63) is 41.8 Å². The second kappa shape index (κ2) is 10.9. The van der Waals surface area contributed by atoms with Gasteiger partial charge in [-0.1, -0.05) is 18.2 Å². The molecule has 2 aromatic rings. The summed E-state index contributed by atoms with van der Waals surface area (Å²) in [5.74, 6) is 2.71. The van der Waals surface area contributed by atoms with Gasteiger partial charge in [-0.2, -0.15) is 11.8 Å². The van der Waals surface area contributed by atoms with Crippen molar-refractivity contribution in [3.63, 3.8) is 0 Å². The molecule has 0 radical (unpaired) electrons. The molecule has 0 atom stereocenters. The predicted octanol–water partition coefficient (Wildman–Crippen LogP) is 3.90. The number of nitrogens with zero attached hydrogens (tertiary/aromatic N) is 1. The molecule has 136 valence electrons. The Morgan fingerprint density at radius 1 is 1.20 bits per heavy atom. The number of carbonyl (C=O) groups excluding carboxylic acids is 1. The average molecular weight is 363 g/mol. The van der Waals surface area contributed by atoms with Crippen LogP contribution in [0.5, 0.6) is 0 Å². The second-order valence-corrected chi connectivity index (χ2v) is 6.69. The van der Waals surface area contributed by atoms with Gasteiger partial charge in [-0.3, -0.25) is 4.79 Å². The highest BCUT2D eigenvalue weighted by Gasteiger charge is 2.10. The monoisotopic (exact) mass is 363 g/mol. The Kier molecular flexibility index (Phi) is 8.55. The zero-order chi connectivity index (χ0) is 17.9. The number of esters is 1. The molecule has 2 rings (SSSR count). The van der Waals surface area contributed by atoms with Crippen LogP contribution in [0.2, 0.25) is 0 Å². The van der Waals surface area contributed by atoms with Crippen LogP contribution in [-0.4, -0.2) is 42.8 Å². The van der Waals surface area contributed by atoms with Gasteiger partial charge in [0.2, 0.25) is 5.89 Å². The topological polar surface area (TPSA) is 61.6 Å². The third-order valence-corrected chi connectivity index (χ3v) is 4.69. The van der Waals surface area contributed by atoms with E-state index < -0.39 is 0 Å². The summed E-state index contributed by atoms with van der Waals surface area (Å²) >= 11 is 1.60. The Hall–Kier alpha value is -1.79. The first-order valence-corrected chi connectivity index (χ1v) is 9.60. The van der Waals surface area contributed by atoms with Gasteiger partial charge in [0.15, 0.2) is 0 Å². The van der Waals surface area contributed by atoms with E-state index in [0.29, 0.717) is 18.3 Å². The first kappa shape index (κ1) is 19.5. The van der Waals surface area contributed by atoms with E-state index in [-0.39, 0.29) is 5.97 Å². The molecular weight excluding hydrogens is 338 g/mol. The highest BCUT2D eigenvalue weighted by molar-refractivity contribution is 7.99. The fourth-order valence-corrected chi connectivity index (χ4v) is 3.09. The van der Waals surface area contributed by atoms with Crippen molar-refractivity contribution in [2.24, 2.45) is 0 Å².